The summed E-state index contributed by atoms with van der Waals surface area (Å²) in [5.74, 6) is 0.224. The Labute approximate surface area is 109 Å². The van der Waals surface area contributed by atoms with Gasteiger partial charge in [-0.1, -0.05) is 0 Å². The lowest BCUT2D eigenvalue weighted by Crippen LogP contribution is -2.19. The third-order valence-corrected chi connectivity index (χ3v) is 3.90. The molecular weight excluding hydrogens is 250 g/mol. The summed E-state index contributed by atoms with van der Waals surface area (Å²) >= 11 is 0. The summed E-state index contributed by atoms with van der Waals surface area (Å²) in [5, 5.41) is 11.3. The summed E-state index contributed by atoms with van der Waals surface area (Å²) in [4.78, 5) is 0. The van der Waals surface area contributed by atoms with E-state index in [4.69, 9.17) is 0 Å². The van der Waals surface area contributed by atoms with Crippen LogP contribution in [0.3, 0.4) is 0 Å². The minimum atomic E-state index is -2.88. The molecule has 6 heteroatoms. The quantitative estimate of drug-likeness (QED) is 0.841. The average molecular weight is 271 g/mol. The van der Waals surface area contributed by atoms with Gasteiger partial charge in [0.25, 0.3) is 0 Å². The van der Waals surface area contributed by atoms with Crippen LogP contribution in [0, 0.1) is 13.8 Å². The number of hydrogen-bond acceptors (Lipinski definition) is 5. The third kappa shape index (κ3) is 4.70. The molecular formula is C12H21N3O2S. The second-order valence-corrected chi connectivity index (χ2v) is 6.90. The van der Waals surface area contributed by atoms with Crippen LogP contribution < -0.4 is 5.32 Å². The highest BCUT2D eigenvalue weighted by Crippen LogP contribution is 2.21. The largest absolute Gasteiger partial charge is 0.313 e. The van der Waals surface area contributed by atoms with E-state index < -0.39 is 9.84 Å². The summed E-state index contributed by atoms with van der Waals surface area (Å²) in [7, 11) is -1.01. The molecule has 1 rings (SSSR count). The molecule has 0 radical (unpaired) electrons. The highest BCUT2D eigenvalue weighted by Gasteiger charge is 2.14. The van der Waals surface area contributed by atoms with Crippen molar-refractivity contribution in [2.75, 3.05) is 19.1 Å². The molecule has 5 nitrogen and oxygen atoms in total. The van der Waals surface area contributed by atoms with Gasteiger partial charge in [0.15, 0.2) is 0 Å². The Morgan fingerprint density at radius 3 is 2.56 bits per heavy atom. The normalized spacial score (nSPS) is 13.6. The predicted octanol–water partition coefficient (Wildman–Crippen LogP) is 1.18. The summed E-state index contributed by atoms with van der Waals surface area (Å²) in [6.45, 7) is 3.82. The van der Waals surface area contributed by atoms with E-state index in [0.29, 0.717) is 6.42 Å². The lowest BCUT2D eigenvalue weighted by atomic mass is 10.0. The third-order valence-electron chi connectivity index (χ3n) is 2.87. The van der Waals surface area contributed by atoms with Crippen LogP contribution in [0.5, 0.6) is 0 Å². The first-order chi connectivity index (χ1) is 8.33. The zero-order valence-electron chi connectivity index (χ0n) is 11.4. The molecule has 0 saturated carbocycles. The van der Waals surface area contributed by atoms with Crippen LogP contribution >= 0.6 is 0 Å². The van der Waals surface area contributed by atoms with Crippen molar-refractivity contribution in [3.63, 3.8) is 0 Å². The van der Waals surface area contributed by atoms with Gasteiger partial charge >= 0.3 is 0 Å². The van der Waals surface area contributed by atoms with E-state index in [1.54, 1.807) is 0 Å². The number of nitrogens with zero attached hydrogens (tertiary/aromatic N) is 2. The fourth-order valence-electron chi connectivity index (χ4n) is 1.93. The topological polar surface area (TPSA) is 72.0 Å². The Morgan fingerprint density at radius 2 is 2.00 bits per heavy atom. The summed E-state index contributed by atoms with van der Waals surface area (Å²) in [5.41, 5.74) is 2.86. The van der Waals surface area contributed by atoms with Crippen LogP contribution in [0.25, 0.3) is 0 Å². The molecule has 1 atom stereocenters. The van der Waals surface area contributed by atoms with Crippen LogP contribution in [-0.4, -0.2) is 37.7 Å². The van der Waals surface area contributed by atoms with E-state index >= 15 is 0 Å². The molecule has 0 fully saturated rings. The zero-order valence-corrected chi connectivity index (χ0v) is 12.2. The van der Waals surface area contributed by atoms with Gasteiger partial charge in [-0.25, -0.2) is 8.42 Å². The first kappa shape index (κ1) is 15.0. The monoisotopic (exact) mass is 271 g/mol. The van der Waals surface area contributed by atoms with Gasteiger partial charge in [-0.3, -0.25) is 0 Å². The molecule has 0 amide bonds. The molecule has 0 aliphatic heterocycles. The first-order valence-electron chi connectivity index (χ1n) is 5.99. The molecule has 0 saturated heterocycles. The Hall–Kier alpha value is -1.01. The molecule has 1 aromatic heterocycles. The van der Waals surface area contributed by atoms with Gasteiger partial charge in [0.05, 0.1) is 11.4 Å². The summed E-state index contributed by atoms with van der Waals surface area (Å²) in [6, 6.07) is 2.13. The van der Waals surface area contributed by atoms with E-state index in [9.17, 15) is 8.42 Å². The van der Waals surface area contributed by atoms with Crippen molar-refractivity contribution >= 4 is 9.84 Å². The molecule has 1 unspecified atom stereocenters. The van der Waals surface area contributed by atoms with Crippen LogP contribution in [-0.2, 0) is 9.84 Å². The lowest BCUT2D eigenvalue weighted by molar-refractivity contribution is 0.530. The standard InChI is InChI=1S/C12H21N3O2S/c1-9-8-11(10(2)15-14-9)12(13-3)6-5-7-18(4,16)17/h8,12-13H,5-7H2,1-4H3. The number of nitrogens with one attached hydrogen (secondary N) is 1. The Balaban J connectivity index is 2.74. The smallest absolute Gasteiger partial charge is 0.147 e. The molecule has 18 heavy (non-hydrogen) atoms. The number of aryl methyl sites for hydroxylation is 2. The Bertz CT molecular complexity index is 500. The van der Waals surface area contributed by atoms with E-state index in [1.165, 1.54) is 6.26 Å². The molecule has 0 aliphatic carbocycles. The fraction of sp³-hybridized carbons (Fsp3) is 0.667. The molecule has 1 N–H and O–H groups in total. The predicted molar refractivity (Wildman–Crippen MR) is 72.3 cm³/mol. The Kier molecular flexibility index (Phi) is 5.22. The SMILES string of the molecule is CNC(CCCS(C)(=O)=O)c1cc(C)nnc1C. The molecule has 0 spiro atoms. The molecule has 0 bridgehead atoms. The van der Waals surface area contributed by atoms with Gasteiger partial charge < -0.3 is 5.32 Å². The van der Waals surface area contributed by atoms with Crippen molar-refractivity contribution < 1.29 is 8.42 Å². The van der Waals surface area contributed by atoms with Crippen molar-refractivity contribution in [2.24, 2.45) is 0 Å². The zero-order chi connectivity index (χ0) is 13.8. The van der Waals surface area contributed by atoms with Crippen LogP contribution in [0.1, 0.15) is 35.8 Å². The van der Waals surface area contributed by atoms with Crippen LogP contribution in [0.4, 0.5) is 0 Å². The van der Waals surface area contributed by atoms with Gasteiger partial charge in [0.2, 0.25) is 0 Å². The lowest BCUT2D eigenvalue weighted by Gasteiger charge is -2.18. The van der Waals surface area contributed by atoms with Gasteiger partial charge in [0.1, 0.15) is 9.84 Å². The van der Waals surface area contributed by atoms with Crippen molar-refractivity contribution in [1.29, 1.82) is 0 Å². The first-order valence-corrected chi connectivity index (χ1v) is 8.05. The average Bonchev–Trinajstić information content (AvgIpc) is 2.27. The van der Waals surface area contributed by atoms with Crippen LogP contribution in [0.15, 0.2) is 6.07 Å². The number of rotatable bonds is 6. The van der Waals surface area contributed by atoms with Gasteiger partial charge in [-0.2, -0.15) is 10.2 Å². The highest BCUT2D eigenvalue weighted by molar-refractivity contribution is 7.90. The molecule has 1 aromatic rings. The molecule has 102 valence electrons. The van der Waals surface area contributed by atoms with E-state index in [2.05, 4.69) is 15.5 Å². The molecule has 1 heterocycles. The maximum absolute atomic E-state index is 11.1. The van der Waals surface area contributed by atoms with Gasteiger partial charge in [-0.15, -0.1) is 0 Å². The second-order valence-electron chi connectivity index (χ2n) is 4.64. The van der Waals surface area contributed by atoms with Gasteiger partial charge in [-0.05, 0) is 45.4 Å². The maximum atomic E-state index is 11.1. The fourth-order valence-corrected chi connectivity index (χ4v) is 2.62. The van der Waals surface area contributed by atoms with Crippen LogP contribution in [0.2, 0.25) is 0 Å². The number of aromatic nitrogens is 2. The van der Waals surface area contributed by atoms with E-state index in [-0.39, 0.29) is 11.8 Å². The van der Waals surface area contributed by atoms with Gasteiger partial charge in [0, 0.05) is 18.1 Å². The highest BCUT2D eigenvalue weighted by atomic mass is 32.2. The number of sulfone groups is 1. The minimum absolute atomic E-state index is 0.126. The summed E-state index contributed by atoms with van der Waals surface area (Å²) < 4.78 is 22.2. The van der Waals surface area contributed by atoms with E-state index in [0.717, 1.165) is 23.4 Å². The van der Waals surface area contributed by atoms with Crippen molar-refractivity contribution in [3.05, 3.63) is 23.0 Å². The molecule has 0 aromatic carbocycles. The molecule has 0 aliphatic rings. The van der Waals surface area contributed by atoms with E-state index in [1.807, 2.05) is 27.0 Å². The van der Waals surface area contributed by atoms with Crippen molar-refractivity contribution in [1.82, 2.24) is 15.5 Å². The van der Waals surface area contributed by atoms with Crippen molar-refractivity contribution in [2.45, 2.75) is 32.7 Å². The summed E-state index contributed by atoms with van der Waals surface area (Å²) in [6.07, 6.45) is 2.69. The minimum Gasteiger partial charge on any atom is -0.313 e. The Morgan fingerprint density at radius 1 is 1.33 bits per heavy atom. The second kappa shape index (κ2) is 6.24. The van der Waals surface area contributed by atoms with Crippen molar-refractivity contribution in [3.8, 4) is 0 Å². The maximum Gasteiger partial charge on any atom is 0.147 e. The number of hydrogen-bond donors (Lipinski definition) is 1.